The zero-order valence-corrected chi connectivity index (χ0v) is 17.8. The van der Waals surface area contributed by atoms with E-state index >= 15 is 0 Å². The van der Waals surface area contributed by atoms with Crippen LogP contribution in [0.3, 0.4) is 0 Å². The molecule has 0 spiro atoms. The first kappa shape index (κ1) is 19.2. The zero-order valence-electron chi connectivity index (χ0n) is 17.0. The van der Waals surface area contributed by atoms with Crippen molar-refractivity contribution in [2.75, 3.05) is 4.90 Å². The average Bonchev–Trinajstić information content (AvgIpc) is 3.49. The second-order valence-electron chi connectivity index (χ2n) is 8.21. The zero-order chi connectivity index (χ0) is 20.7. The molecule has 0 unspecified atom stereocenters. The smallest absolute Gasteiger partial charge is 0.174 e. The minimum atomic E-state index is -0.205. The quantitative estimate of drug-likeness (QED) is 0.555. The number of halogens is 1. The molecule has 1 saturated carbocycles. The highest BCUT2D eigenvalue weighted by atomic mass is 32.1. The Hall–Kier alpha value is -2.73. The number of hydrogen-bond acceptors (Lipinski definition) is 2. The number of thiocarbonyl (C=S) groups is 1. The van der Waals surface area contributed by atoms with Crippen molar-refractivity contribution in [3.8, 4) is 0 Å². The normalized spacial score (nSPS) is 21.9. The fraction of sp³-hybridized carbons (Fsp3) is 0.333. The van der Waals surface area contributed by atoms with Crippen molar-refractivity contribution < 1.29 is 4.39 Å². The lowest BCUT2D eigenvalue weighted by Gasteiger charge is -2.30. The van der Waals surface area contributed by atoms with E-state index in [-0.39, 0.29) is 17.9 Å². The van der Waals surface area contributed by atoms with Gasteiger partial charge in [-0.15, -0.1) is 0 Å². The first-order chi connectivity index (χ1) is 14.6. The molecule has 2 aromatic heterocycles. The number of aryl methyl sites for hydroxylation is 1. The van der Waals surface area contributed by atoms with Crippen LogP contribution in [0.1, 0.15) is 60.8 Å². The maximum absolute atomic E-state index is 14.0. The summed E-state index contributed by atoms with van der Waals surface area (Å²) in [6, 6.07) is 15.9. The van der Waals surface area contributed by atoms with Crippen molar-refractivity contribution in [2.24, 2.45) is 0 Å². The number of anilines is 1. The Labute approximate surface area is 181 Å². The molecule has 1 aliphatic carbocycles. The van der Waals surface area contributed by atoms with E-state index < -0.39 is 0 Å². The van der Waals surface area contributed by atoms with Gasteiger partial charge < -0.3 is 14.8 Å². The third-order valence-corrected chi connectivity index (χ3v) is 6.67. The van der Waals surface area contributed by atoms with Crippen molar-refractivity contribution in [3.05, 3.63) is 83.7 Å². The van der Waals surface area contributed by atoms with Crippen LogP contribution in [-0.4, -0.2) is 14.7 Å². The van der Waals surface area contributed by atoms with Crippen molar-refractivity contribution in [1.29, 1.82) is 0 Å². The molecule has 6 heteroatoms. The largest absolute Gasteiger partial charge is 0.351 e. The van der Waals surface area contributed by atoms with Gasteiger partial charge in [0.1, 0.15) is 11.9 Å². The Bertz CT molecular complexity index is 1060. The highest BCUT2D eigenvalue weighted by molar-refractivity contribution is 7.80. The van der Waals surface area contributed by atoms with E-state index in [1.807, 2.05) is 36.5 Å². The lowest BCUT2D eigenvalue weighted by Crippen LogP contribution is -2.30. The van der Waals surface area contributed by atoms with Gasteiger partial charge in [-0.1, -0.05) is 18.9 Å². The minimum absolute atomic E-state index is 0.0622. The van der Waals surface area contributed by atoms with E-state index in [0.717, 1.165) is 11.4 Å². The summed E-state index contributed by atoms with van der Waals surface area (Å²) >= 11 is 5.79. The SMILES string of the molecule is Cc1cc(N2C(=S)N[C@H](c3ccccn3)[C@@H]2c2cccn2C2CCCC2)ccc1F. The summed E-state index contributed by atoms with van der Waals surface area (Å²) in [5.41, 5.74) is 3.67. The Balaban J connectivity index is 1.63. The van der Waals surface area contributed by atoms with Crippen LogP contribution in [0, 0.1) is 12.7 Å². The second-order valence-corrected chi connectivity index (χ2v) is 8.60. The van der Waals surface area contributed by atoms with Gasteiger partial charge >= 0.3 is 0 Å². The Morgan fingerprint density at radius 3 is 2.67 bits per heavy atom. The first-order valence-corrected chi connectivity index (χ1v) is 11.0. The molecule has 2 atom stereocenters. The standard InChI is InChI=1S/C24H25FN4S/c1-16-15-18(11-12-19(16)25)29-23(21-10-6-14-28(21)17-7-2-3-8-17)22(27-24(29)30)20-9-4-5-13-26-20/h4-6,9-15,17,22-23H,2-3,7-8H2,1H3,(H,27,30)/t22-,23+/m1/s1. The molecule has 4 nitrogen and oxygen atoms in total. The van der Waals surface area contributed by atoms with Crippen LogP contribution < -0.4 is 10.2 Å². The Kier molecular flexibility index (Phi) is 5.03. The first-order valence-electron chi connectivity index (χ1n) is 10.6. The molecule has 0 amide bonds. The Morgan fingerprint density at radius 2 is 1.93 bits per heavy atom. The van der Waals surface area contributed by atoms with Crippen LogP contribution in [0.2, 0.25) is 0 Å². The molecule has 3 heterocycles. The molecule has 3 aromatic rings. The van der Waals surface area contributed by atoms with E-state index in [9.17, 15) is 4.39 Å². The molecule has 1 saturated heterocycles. The molecule has 1 N–H and O–H groups in total. The summed E-state index contributed by atoms with van der Waals surface area (Å²) in [7, 11) is 0. The predicted octanol–water partition coefficient (Wildman–Crippen LogP) is 5.62. The Morgan fingerprint density at radius 1 is 1.10 bits per heavy atom. The van der Waals surface area contributed by atoms with Gasteiger partial charge in [-0.05, 0) is 80.0 Å². The van der Waals surface area contributed by atoms with Crippen molar-refractivity contribution in [1.82, 2.24) is 14.9 Å². The lowest BCUT2D eigenvalue weighted by atomic mass is 10.00. The summed E-state index contributed by atoms with van der Waals surface area (Å²) in [5.74, 6) is -0.205. The molecule has 2 aliphatic rings. The number of pyridine rings is 1. The fourth-order valence-corrected chi connectivity index (χ4v) is 5.23. The van der Waals surface area contributed by atoms with Crippen LogP contribution in [0.25, 0.3) is 0 Å². The number of benzene rings is 1. The molecule has 0 bridgehead atoms. The fourth-order valence-electron chi connectivity index (χ4n) is 4.88. The molecule has 1 aromatic carbocycles. The molecule has 0 radical (unpaired) electrons. The monoisotopic (exact) mass is 420 g/mol. The molecule has 1 aliphatic heterocycles. The second kappa shape index (κ2) is 7.84. The van der Waals surface area contributed by atoms with E-state index in [2.05, 4.69) is 38.1 Å². The van der Waals surface area contributed by atoms with Crippen LogP contribution in [0.15, 0.2) is 60.9 Å². The van der Waals surface area contributed by atoms with Crippen LogP contribution in [0.4, 0.5) is 10.1 Å². The predicted molar refractivity (Wildman–Crippen MR) is 121 cm³/mol. The summed E-state index contributed by atoms with van der Waals surface area (Å²) in [6.07, 6.45) is 8.96. The molecular formula is C24H25FN4S. The highest BCUT2D eigenvalue weighted by Gasteiger charge is 2.42. The van der Waals surface area contributed by atoms with Crippen molar-refractivity contribution >= 4 is 23.0 Å². The van der Waals surface area contributed by atoms with Gasteiger partial charge in [-0.2, -0.15) is 0 Å². The number of rotatable bonds is 4. The van der Waals surface area contributed by atoms with Gasteiger partial charge in [0.15, 0.2) is 5.11 Å². The van der Waals surface area contributed by atoms with Gasteiger partial charge in [0.2, 0.25) is 0 Å². The van der Waals surface area contributed by atoms with E-state index in [4.69, 9.17) is 12.2 Å². The topological polar surface area (TPSA) is 33.1 Å². The highest BCUT2D eigenvalue weighted by Crippen LogP contribution is 2.43. The van der Waals surface area contributed by atoms with Gasteiger partial charge in [0.05, 0.1) is 11.7 Å². The lowest BCUT2D eigenvalue weighted by molar-refractivity contribution is 0.461. The summed E-state index contributed by atoms with van der Waals surface area (Å²) in [4.78, 5) is 6.75. The number of aromatic nitrogens is 2. The summed E-state index contributed by atoms with van der Waals surface area (Å²) in [5, 5.41) is 4.14. The third kappa shape index (κ3) is 3.29. The van der Waals surface area contributed by atoms with E-state index in [1.54, 1.807) is 6.92 Å². The number of hydrogen-bond donors (Lipinski definition) is 1. The number of nitrogens with zero attached hydrogens (tertiary/aromatic N) is 3. The molecular weight excluding hydrogens is 395 g/mol. The van der Waals surface area contributed by atoms with E-state index in [1.165, 1.54) is 37.4 Å². The van der Waals surface area contributed by atoms with Gasteiger partial charge in [-0.3, -0.25) is 4.98 Å². The molecule has 5 rings (SSSR count). The van der Waals surface area contributed by atoms with Crippen LogP contribution >= 0.6 is 12.2 Å². The van der Waals surface area contributed by atoms with Gasteiger partial charge in [-0.25, -0.2) is 4.39 Å². The summed E-state index contributed by atoms with van der Waals surface area (Å²) < 4.78 is 16.4. The van der Waals surface area contributed by atoms with Crippen molar-refractivity contribution in [3.63, 3.8) is 0 Å². The van der Waals surface area contributed by atoms with Crippen LogP contribution in [0.5, 0.6) is 0 Å². The van der Waals surface area contributed by atoms with E-state index in [0.29, 0.717) is 16.7 Å². The van der Waals surface area contributed by atoms with Gasteiger partial charge in [0.25, 0.3) is 0 Å². The van der Waals surface area contributed by atoms with Crippen LogP contribution in [-0.2, 0) is 0 Å². The summed E-state index contributed by atoms with van der Waals surface area (Å²) in [6.45, 7) is 1.79. The number of nitrogens with one attached hydrogen (secondary N) is 1. The minimum Gasteiger partial charge on any atom is -0.351 e. The van der Waals surface area contributed by atoms with Crippen molar-refractivity contribution in [2.45, 2.75) is 50.7 Å². The molecule has 2 fully saturated rings. The maximum Gasteiger partial charge on any atom is 0.174 e. The molecule has 154 valence electrons. The molecule has 30 heavy (non-hydrogen) atoms. The third-order valence-electron chi connectivity index (χ3n) is 6.35. The average molecular weight is 421 g/mol. The van der Waals surface area contributed by atoms with Gasteiger partial charge in [0, 0.05) is 29.8 Å². The maximum atomic E-state index is 14.0.